The zero-order valence-electron chi connectivity index (χ0n) is 9.90. The van der Waals surface area contributed by atoms with E-state index in [2.05, 4.69) is 12.0 Å². The third-order valence-corrected chi connectivity index (χ3v) is 2.57. The topological polar surface area (TPSA) is 27.1 Å². The van der Waals surface area contributed by atoms with Gasteiger partial charge in [0.1, 0.15) is 18.1 Å². The largest absolute Gasteiger partial charge is 0.487 e. The molecule has 16 heavy (non-hydrogen) atoms. The van der Waals surface area contributed by atoms with E-state index in [1.54, 1.807) is 0 Å². The van der Waals surface area contributed by atoms with Gasteiger partial charge in [-0.25, -0.2) is 0 Å². The molecule has 0 aliphatic carbocycles. The van der Waals surface area contributed by atoms with Gasteiger partial charge in [-0.1, -0.05) is 17.7 Å². The Hall–Kier alpha value is -1.77. The van der Waals surface area contributed by atoms with Gasteiger partial charge in [0.15, 0.2) is 0 Å². The van der Waals surface area contributed by atoms with Crippen molar-refractivity contribution in [2.24, 2.45) is 7.05 Å². The van der Waals surface area contributed by atoms with Crippen LogP contribution in [0.1, 0.15) is 17.0 Å². The first-order chi connectivity index (χ1) is 7.65. The van der Waals surface area contributed by atoms with E-state index in [4.69, 9.17) is 4.74 Å². The normalized spacial score (nSPS) is 10.4. The van der Waals surface area contributed by atoms with Gasteiger partial charge in [0.25, 0.3) is 0 Å². The molecule has 2 rings (SSSR count). The number of hydrogen-bond acceptors (Lipinski definition) is 2. The minimum absolute atomic E-state index is 0.519. The van der Waals surface area contributed by atoms with Gasteiger partial charge in [-0.05, 0) is 32.0 Å². The molecule has 1 aromatic carbocycles. The molecule has 0 spiro atoms. The second-order valence-electron chi connectivity index (χ2n) is 4.00. The van der Waals surface area contributed by atoms with Crippen molar-refractivity contribution in [3.05, 3.63) is 47.3 Å². The summed E-state index contributed by atoms with van der Waals surface area (Å²) < 4.78 is 7.49. The van der Waals surface area contributed by atoms with Gasteiger partial charge < -0.3 is 4.74 Å². The molecule has 2 aromatic rings. The smallest absolute Gasteiger partial charge is 0.132 e. The monoisotopic (exact) mass is 216 g/mol. The molecule has 0 N–H and O–H groups in total. The molecule has 0 radical (unpaired) electrons. The first kappa shape index (κ1) is 10.7. The van der Waals surface area contributed by atoms with Crippen molar-refractivity contribution in [2.75, 3.05) is 0 Å². The molecule has 0 fully saturated rings. The summed E-state index contributed by atoms with van der Waals surface area (Å²) in [7, 11) is 1.94. The molecule has 0 unspecified atom stereocenters. The number of aryl methyl sites for hydroxylation is 3. The van der Waals surface area contributed by atoms with E-state index in [1.807, 2.05) is 49.0 Å². The summed E-state index contributed by atoms with van der Waals surface area (Å²) >= 11 is 0. The molecule has 0 saturated heterocycles. The Morgan fingerprint density at radius 1 is 1.19 bits per heavy atom. The Balaban J connectivity index is 1.99. The molecule has 1 heterocycles. The maximum absolute atomic E-state index is 5.64. The van der Waals surface area contributed by atoms with Gasteiger partial charge >= 0.3 is 0 Å². The molecule has 0 atom stereocenters. The minimum Gasteiger partial charge on any atom is -0.487 e. The van der Waals surface area contributed by atoms with E-state index in [-0.39, 0.29) is 0 Å². The standard InChI is InChI=1S/C13H16N2O/c1-10-4-6-13(7-5-10)16-9-12-8-11(2)15(3)14-12/h4-8H,9H2,1-3H3. The summed E-state index contributed by atoms with van der Waals surface area (Å²) in [5.41, 5.74) is 3.34. The maximum atomic E-state index is 5.64. The Morgan fingerprint density at radius 3 is 2.44 bits per heavy atom. The van der Waals surface area contributed by atoms with Crippen LogP contribution in [0.2, 0.25) is 0 Å². The van der Waals surface area contributed by atoms with Crippen LogP contribution < -0.4 is 4.74 Å². The molecule has 84 valence electrons. The lowest BCUT2D eigenvalue weighted by molar-refractivity contribution is 0.300. The second kappa shape index (κ2) is 4.39. The molecule has 3 heteroatoms. The third-order valence-electron chi connectivity index (χ3n) is 2.57. The number of aromatic nitrogens is 2. The van der Waals surface area contributed by atoms with E-state index < -0.39 is 0 Å². The average Bonchev–Trinajstić information content (AvgIpc) is 2.58. The Labute approximate surface area is 95.7 Å². The van der Waals surface area contributed by atoms with E-state index in [9.17, 15) is 0 Å². The number of benzene rings is 1. The molecule has 0 aliphatic heterocycles. The van der Waals surface area contributed by atoms with Crippen molar-refractivity contribution in [1.29, 1.82) is 0 Å². The predicted molar refractivity (Wildman–Crippen MR) is 63.5 cm³/mol. The van der Waals surface area contributed by atoms with E-state index in [0.29, 0.717) is 6.61 Å². The van der Waals surface area contributed by atoms with Crippen molar-refractivity contribution in [1.82, 2.24) is 9.78 Å². The van der Waals surface area contributed by atoms with Crippen molar-refractivity contribution < 1.29 is 4.74 Å². The van der Waals surface area contributed by atoms with Crippen LogP contribution in [0.3, 0.4) is 0 Å². The maximum Gasteiger partial charge on any atom is 0.132 e. The highest BCUT2D eigenvalue weighted by molar-refractivity contribution is 5.26. The Morgan fingerprint density at radius 2 is 1.88 bits per heavy atom. The van der Waals surface area contributed by atoms with Crippen molar-refractivity contribution >= 4 is 0 Å². The fourth-order valence-corrected chi connectivity index (χ4v) is 1.50. The van der Waals surface area contributed by atoms with Crippen molar-refractivity contribution in [2.45, 2.75) is 20.5 Å². The molecule has 0 amide bonds. The summed E-state index contributed by atoms with van der Waals surface area (Å²) in [5, 5.41) is 4.33. The van der Waals surface area contributed by atoms with Crippen LogP contribution in [0.25, 0.3) is 0 Å². The fourth-order valence-electron chi connectivity index (χ4n) is 1.50. The molecular weight excluding hydrogens is 200 g/mol. The number of hydrogen-bond donors (Lipinski definition) is 0. The number of nitrogens with zero attached hydrogens (tertiary/aromatic N) is 2. The highest BCUT2D eigenvalue weighted by Gasteiger charge is 2.01. The van der Waals surface area contributed by atoms with Gasteiger partial charge in [-0.15, -0.1) is 0 Å². The zero-order valence-corrected chi connectivity index (χ0v) is 9.90. The van der Waals surface area contributed by atoms with Gasteiger partial charge in [-0.3, -0.25) is 4.68 Å². The zero-order chi connectivity index (χ0) is 11.5. The quantitative estimate of drug-likeness (QED) is 0.788. The molecule has 0 aliphatic rings. The summed E-state index contributed by atoms with van der Waals surface area (Å²) in [6.45, 7) is 4.61. The molecule has 1 aromatic heterocycles. The van der Waals surface area contributed by atoms with Crippen LogP contribution in [0, 0.1) is 13.8 Å². The van der Waals surface area contributed by atoms with Crippen LogP contribution in [0.5, 0.6) is 5.75 Å². The Bertz CT molecular complexity index is 452. The van der Waals surface area contributed by atoms with Gasteiger partial charge in [-0.2, -0.15) is 5.10 Å². The molecule has 0 bridgehead atoms. The van der Waals surface area contributed by atoms with E-state index in [1.165, 1.54) is 5.56 Å². The van der Waals surface area contributed by atoms with Crippen LogP contribution in [0.4, 0.5) is 0 Å². The lowest BCUT2D eigenvalue weighted by Crippen LogP contribution is -1.98. The first-order valence-electron chi connectivity index (χ1n) is 5.34. The molecule has 3 nitrogen and oxygen atoms in total. The summed E-state index contributed by atoms with van der Waals surface area (Å²) in [6.07, 6.45) is 0. The highest BCUT2D eigenvalue weighted by atomic mass is 16.5. The lowest BCUT2D eigenvalue weighted by Gasteiger charge is -2.03. The summed E-state index contributed by atoms with van der Waals surface area (Å²) in [6, 6.07) is 10.1. The lowest BCUT2D eigenvalue weighted by atomic mass is 10.2. The summed E-state index contributed by atoms with van der Waals surface area (Å²) in [4.78, 5) is 0. The van der Waals surface area contributed by atoms with Crippen LogP contribution in [-0.4, -0.2) is 9.78 Å². The molecule has 0 saturated carbocycles. The van der Waals surface area contributed by atoms with E-state index >= 15 is 0 Å². The van der Waals surface area contributed by atoms with Crippen LogP contribution >= 0.6 is 0 Å². The number of ether oxygens (including phenoxy) is 1. The average molecular weight is 216 g/mol. The van der Waals surface area contributed by atoms with Gasteiger partial charge in [0.2, 0.25) is 0 Å². The SMILES string of the molecule is Cc1ccc(OCc2cc(C)n(C)n2)cc1. The van der Waals surface area contributed by atoms with Crippen molar-refractivity contribution in [3.8, 4) is 5.75 Å². The van der Waals surface area contributed by atoms with Crippen molar-refractivity contribution in [3.63, 3.8) is 0 Å². The Kier molecular flexibility index (Phi) is 2.95. The van der Waals surface area contributed by atoms with E-state index in [0.717, 1.165) is 17.1 Å². The second-order valence-corrected chi connectivity index (χ2v) is 4.00. The van der Waals surface area contributed by atoms with Crippen LogP contribution in [0.15, 0.2) is 30.3 Å². The summed E-state index contributed by atoms with van der Waals surface area (Å²) in [5.74, 6) is 0.883. The molecular formula is C13H16N2O. The predicted octanol–water partition coefficient (Wildman–Crippen LogP) is 2.62. The number of rotatable bonds is 3. The minimum atomic E-state index is 0.519. The fraction of sp³-hybridized carbons (Fsp3) is 0.308. The van der Waals surface area contributed by atoms with Gasteiger partial charge in [0.05, 0.1) is 0 Å². The van der Waals surface area contributed by atoms with Gasteiger partial charge in [0, 0.05) is 12.7 Å². The third kappa shape index (κ3) is 2.42. The highest BCUT2D eigenvalue weighted by Crippen LogP contribution is 2.13. The first-order valence-corrected chi connectivity index (χ1v) is 5.34. The van der Waals surface area contributed by atoms with Crippen LogP contribution in [-0.2, 0) is 13.7 Å².